The predicted molar refractivity (Wildman–Crippen MR) is 78.9 cm³/mol. The van der Waals surface area contributed by atoms with Crippen molar-refractivity contribution < 1.29 is 24.2 Å². The molecule has 0 aromatic carbocycles. The van der Waals surface area contributed by atoms with Crippen molar-refractivity contribution in [3.05, 3.63) is 28.1 Å². The molecule has 1 aliphatic heterocycles. The van der Waals surface area contributed by atoms with Gasteiger partial charge in [0.2, 0.25) is 0 Å². The first kappa shape index (κ1) is 16.4. The van der Waals surface area contributed by atoms with Gasteiger partial charge in [0.25, 0.3) is 5.82 Å². The Morgan fingerprint density at radius 1 is 1.50 bits per heavy atom. The Kier molecular flexibility index (Phi) is 5.07. The van der Waals surface area contributed by atoms with Gasteiger partial charge in [-0.25, -0.2) is 9.52 Å². The average molecular weight is 329 g/mol. The zero-order valence-corrected chi connectivity index (χ0v) is 12.9. The van der Waals surface area contributed by atoms with Crippen LogP contribution in [0.1, 0.15) is 30.1 Å². The average Bonchev–Trinajstić information content (AvgIpc) is 2.47. The number of carbonyl (C=O) groups excluding carboxylic acids is 1. The monoisotopic (exact) mass is 328 g/mol. The molecule has 0 atom stereocenters. The molecular formula is C14H17ClN2O5. The summed E-state index contributed by atoms with van der Waals surface area (Å²) >= 11 is 6.04. The maximum absolute atomic E-state index is 12.0. The molecule has 8 heteroatoms. The molecule has 2 heterocycles. The summed E-state index contributed by atoms with van der Waals surface area (Å²) in [5.74, 6) is -1.38. The minimum absolute atomic E-state index is 0.0875. The molecule has 0 radical (unpaired) electrons. The fourth-order valence-electron chi connectivity index (χ4n) is 2.53. The molecule has 22 heavy (non-hydrogen) atoms. The van der Waals surface area contributed by atoms with Gasteiger partial charge in [0.05, 0.1) is 25.6 Å². The highest BCUT2D eigenvalue weighted by Gasteiger charge is 2.32. The Balaban J connectivity index is 2.12. The van der Waals surface area contributed by atoms with Crippen LogP contribution in [0, 0.1) is 11.1 Å². The number of aromatic carboxylic acids is 1. The Hall–Kier alpha value is -2.02. The smallest absolute Gasteiger partial charge is 0.339 e. The molecule has 120 valence electrons. The van der Waals surface area contributed by atoms with Crippen molar-refractivity contribution in [3.63, 3.8) is 0 Å². The van der Waals surface area contributed by atoms with E-state index in [-0.39, 0.29) is 28.3 Å². The van der Waals surface area contributed by atoms with Crippen LogP contribution in [0.15, 0.2) is 12.3 Å². The summed E-state index contributed by atoms with van der Waals surface area (Å²) < 4.78 is 5.46. The van der Waals surface area contributed by atoms with E-state index in [1.165, 1.54) is 6.07 Å². The molecule has 1 N–H and O–H groups in total. The molecule has 1 aromatic rings. The Bertz CT molecular complexity index is 562. The molecule has 7 nitrogen and oxygen atoms in total. The van der Waals surface area contributed by atoms with Crippen LogP contribution in [-0.2, 0) is 9.53 Å². The van der Waals surface area contributed by atoms with E-state index in [4.69, 9.17) is 21.4 Å². The zero-order chi connectivity index (χ0) is 16.3. The third-order valence-corrected chi connectivity index (χ3v) is 3.90. The number of ether oxygens (including phenoxy) is 1. The SMILES string of the molecule is CCOC(=O)C1CCN(c2c(Cl)cc(C(=O)O)c[n+]2[O-])CC1. The topological polar surface area (TPSA) is 93.8 Å². The van der Waals surface area contributed by atoms with Gasteiger partial charge in [-0.15, -0.1) is 0 Å². The number of nitrogens with zero attached hydrogens (tertiary/aromatic N) is 2. The molecule has 0 spiro atoms. The van der Waals surface area contributed by atoms with Crippen LogP contribution >= 0.6 is 11.6 Å². The number of aromatic nitrogens is 1. The molecule has 2 rings (SSSR count). The van der Waals surface area contributed by atoms with Crippen LogP contribution in [0.4, 0.5) is 5.82 Å². The second kappa shape index (κ2) is 6.83. The fourth-order valence-corrected chi connectivity index (χ4v) is 2.85. The lowest BCUT2D eigenvalue weighted by Gasteiger charge is -2.28. The fraction of sp³-hybridized carbons (Fsp3) is 0.500. The zero-order valence-electron chi connectivity index (χ0n) is 12.1. The van der Waals surface area contributed by atoms with Gasteiger partial charge >= 0.3 is 11.9 Å². The van der Waals surface area contributed by atoms with E-state index in [1.807, 2.05) is 0 Å². The van der Waals surface area contributed by atoms with Crippen molar-refractivity contribution in [2.45, 2.75) is 19.8 Å². The number of halogens is 1. The van der Waals surface area contributed by atoms with Gasteiger partial charge in [-0.2, -0.15) is 0 Å². The van der Waals surface area contributed by atoms with Crippen molar-refractivity contribution in [3.8, 4) is 0 Å². The Morgan fingerprint density at radius 3 is 2.64 bits per heavy atom. The number of hydrogen-bond donors (Lipinski definition) is 1. The first-order valence-corrected chi connectivity index (χ1v) is 7.39. The Labute approximate surface area is 132 Å². The highest BCUT2D eigenvalue weighted by Crippen LogP contribution is 2.27. The van der Waals surface area contributed by atoms with Crippen LogP contribution in [0.2, 0.25) is 5.02 Å². The van der Waals surface area contributed by atoms with Gasteiger partial charge in [0.1, 0.15) is 16.8 Å². The van der Waals surface area contributed by atoms with E-state index in [1.54, 1.807) is 11.8 Å². The number of hydrogen-bond acceptors (Lipinski definition) is 5. The van der Waals surface area contributed by atoms with E-state index in [0.29, 0.717) is 37.3 Å². The van der Waals surface area contributed by atoms with Crippen molar-refractivity contribution >= 4 is 29.4 Å². The summed E-state index contributed by atoms with van der Waals surface area (Å²) in [6.45, 7) is 3.08. The quantitative estimate of drug-likeness (QED) is 0.511. The van der Waals surface area contributed by atoms with Crippen LogP contribution in [0.5, 0.6) is 0 Å². The third kappa shape index (κ3) is 3.41. The number of pyridine rings is 1. The van der Waals surface area contributed by atoms with Crippen molar-refractivity contribution in [2.75, 3.05) is 24.6 Å². The summed E-state index contributed by atoms with van der Waals surface area (Å²) in [5, 5.41) is 21.0. The van der Waals surface area contributed by atoms with Crippen molar-refractivity contribution in [2.24, 2.45) is 5.92 Å². The van der Waals surface area contributed by atoms with E-state index in [2.05, 4.69) is 0 Å². The predicted octanol–water partition coefficient (Wildman–Crippen LogP) is 1.45. The number of carboxylic acid groups (broad SMARTS) is 1. The molecule has 1 aliphatic rings. The van der Waals surface area contributed by atoms with E-state index >= 15 is 0 Å². The molecule has 0 amide bonds. The summed E-state index contributed by atoms with van der Waals surface area (Å²) in [4.78, 5) is 24.4. The largest absolute Gasteiger partial charge is 0.711 e. The van der Waals surface area contributed by atoms with E-state index in [0.717, 1.165) is 6.20 Å². The molecule has 0 bridgehead atoms. The van der Waals surface area contributed by atoms with Crippen LogP contribution in [-0.4, -0.2) is 36.7 Å². The molecule has 1 aromatic heterocycles. The highest BCUT2D eigenvalue weighted by atomic mass is 35.5. The maximum atomic E-state index is 12.0. The highest BCUT2D eigenvalue weighted by molar-refractivity contribution is 6.33. The standard InChI is InChI=1S/C14H17ClN2O5/c1-2-22-14(20)9-3-5-16(6-4-9)12-11(15)7-10(13(18)19)8-17(12)21/h7-9H,2-6H2,1H3,(H,18,19). The lowest BCUT2D eigenvalue weighted by Crippen LogP contribution is -2.44. The number of piperidine rings is 1. The number of esters is 1. The molecule has 0 saturated carbocycles. The second-order valence-corrected chi connectivity index (χ2v) is 5.45. The van der Waals surface area contributed by atoms with Crippen molar-refractivity contribution in [1.82, 2.24) is 0 Å². The van der Waals surface area contributed by atoms with Gasteiger partial charge in [0.15, 0.2) is 0 Å². The molecule has 1 saturated heterocycles. The lowest BCUT2D eigenvalue weighted by atomic mass is 9.97. The van der Waals surface area contributed by atoms with Gasteiger partial charge in [-0.05, 0) is 25.8 Å². The molecule has 1 fully saturated rings. The van der Waals surface area contributed by atoms with E-state index in [9.17, 15) is 14.8 Å². The van der Waals surface area contributed by atoms with Gasteiger partial charge in [0, 0.05) is 0 Å². The van der Waals surface area contributed by atoms with Gasteiger partial charge in [-0.3, -0.25) is 9.69 Å². The maximum Gasteiger partial charge on any atom is 0.339 e. The Morgan fingerprint density at radius 2 is 2.14 bits per heavy atom. The summed E-state index contributed by atoms with van der Waals surface area (Å²) in [6, 6.07) is 1.26. The number of anilines is 1. The first-order valence-electron chi connectivity index (χ1n) is 7.01. The van der Waals surface area contributed by atoms with Crippen LogP contribution < -0.4 is 9.63 Å². The third-order valence-electron chi connectivity index (χ3n) is 3.62. The molecule has 0 unspecified atom stereocenters. The first-order chi connectivity index (χ1) is 10.4. The summed E-state index contributed by atoms with van der Waals surface area (Å²) in [6.07, 6.45) is 2.12. The van der Waals surface area contributed by atoms with Gasteiger partial charge in [-0.1, -0.05) is 11.6 Å². The minimum Gasteiger partial charge on any atom is -0.711 e. The van der Waals surface area contributed by atoms with Crippen molar-refractivity contribution in [1.29, 1.82) is 0 Å². The van der Waals surface area contributed by atoms with Gasteiger partial charge < -0.3 is 15.1 Å². The summed E-state index contributed by atoms with van der Waals surface area (Å²) in [7, 11) is 0. The second-order valence-electron chi connectivity index (χ2n) is 5.04. The molecular weight excluding hydrogens is 312 g/mol. The lowest BCUT2D eigenvalue weighted by molar-refractivity contribution is -0.592. The van der Waals surface area contributed by atoms with E-state index < -0.39 is 5.97 Å². The number of carboxylic acids is 1. The van der Waals surface area contributed by atoms with Crippen LogP contribution in [0.25, 0.3) is 0 Å². The number of carbonyl (C=O) groups is 2. The normalized spacial score (nSPS) is 15.6. The summed E-state index contributed by atoms with van der Waals surface area (Å²) in [5.41, 5.74) is -0.162. The molecule has 0 aliphatic carbocycles. The number of rotatable bonds is 4. The van der Waals surface area contributed by atoms with Crippen LogP contribution in [0.3, 0.4) is 0 Å². The minimum atomic E-state index is -1.21.